The first-order chi connectivity index (χ1) is 14.5. The number of aromatic amines is 1. The lowest BCUT2D eigenvalue weighted by Crippen LogP contribution is -2.32. The van der Waals surface area contributed by atoms with Crippen LogP contribution in [0.1, 0.15) is 37.7 Å². The number of ether oxygens (including phenoxy) is 2. The normalized spacial score (nSPS) is 14.0. The van der Waals surface area contributed by atoms with Crippen molar-refractivity contribution < 1.29 is 14.3 Å². The Balaban J connectivity index is 1.44. The lowest BCUT2D eigenvalue weighted by molar-refractivity contribution is -0.122. The van der Waals surface area contributed by atoms with Crippen LogP contribution >= 0.6 is 0 Å². The van der Waals surface area contributed by atoms with E-state index in [1.165, 1.54) is 0 Å². The highest BCUT2D eigenvalue weighted by atomic mass is 16.6. The summed E-state index contributed by atoms with van der Waals surface area (Å²) in [4.78, 5) is 32.1. The summed E-state index contributed by atoms with van der Waals surface area (Å²) in [6.45, 7) is 5.18. The van der Waals surface area contributed by atoms with Gasteiger partial charge in [0.2, 0.25) is 5.91 Å². The zero-order valence-electron chi connectivity index (χ0n) is 17.1. The Labute approximate surface area is 174 Å². The van der Waals surface area contributed by atoms with Gasteiger partial charge in [-0.3, -0.25) is 9.59 Å². The molecule has 2 heterocycles. The number of hydrogen-bond donors (Lipinski definition) is 2. The number of fused-ring (bicyclic) bond motifs is 2. The fraction of sp³-hybridized carbons (Fsp3) is 0.348. The molecule has 30 heavy (non-hydrogen) atoms. The van der Waals surface area contributed by atoms with Gasteiger partial charge in [0.05, 0.1) is 16.9 Å². The number of H-pyrrole nitrogens is 1. The zero-order chi connectivity index (χ0) is 21.1. The fourth-order valence-electron chi connectivity index (χ4n) is 3.62. The molecular weight excluding hydrogens is 382 g/mol. The molecule has 7 heteroatoms. The van der Waals surface area contributed by atoms with Gasteiger partial charge in [0.1, 0.15) is 19.0 Å². The topological polar surface area (TPSA) is 93.3 Å². The number of rotatable bonds is 6. The third-order valence-corrected chi connectivity index (χ3v) is 5.16. The van der Waals surface area contributed by atoms with Crippen LogP contribution in [0.3, 0.4) is 0 Å². The summed E-state index contributed by atoms with van der Waals surface area (Å²) in [6.07, 6.45) is 0.590. The van der Waals surface area contributed by atoms with E-state index in [9.17, 15) is 9.59 Å². The first-order valence-corrected chi connectivity index (χ1v) is 10.2. The monoisotopic (exact) mass is 407 g/mol. The second kappa shape index (κ2) is 8.57. The Morgan fingerprint density at radius 1 is 1.13 bits per heavy atom. The number of carbonyl (C=O) groups excluding carboxylic acids is 1. The maximum Gasteiger partial charge on any atom is 0.258 e. The third-order valence-electron chi connectivity index (χ3n) is 5.16. The number of benzene rings is 2. The molecule has 4 rings (SSSR count). The van der Waals surface area contributed by atoms with Crippen LogP contribution in [0.2, 0.25) is 0 Å². The molecule has 1 amide bonds. The van der Waals surface area contributed by atoms with E-state index in [1.807, 2.05) is 24.3 Å². The second-order valence-electron chi connectivity index (χ2n) is 7.72. The van der Waals surface area contributed by atoms with Crippen LogP contribution in [0.4, 0.5) is 0 Å². The van der Waals surface area contributed by atoms with Crippen LogP contribution in [0.15, 0.2) is 47.3 Å². The number of carbonyl (C=O) groups is 1. The van der Waals surface area contributed by atoms with Gasteiger partial charge in [-0.1, -0.05) is 32.0 Å². The zero-order valence-corrected chi connectivity index (χ0v) is 17.1. The molecule has 1 unspecified atom stereocenters. The molecule has 1 aliphatic heterocycles. The fourth-order valence-corrected chi connectivity index (χ4v) is 3.62. The van der Waals surface area contributed by atoms with Crippen molar-refractivity contribution >= 4 is 16.8 Å². The van der Waals surface area contributed by atoms with Crippen LogP contribution < -0.4 is 20.3 Å². The molecular formula is C23H25N3O4. The smallest absolute Gasteiger partial charge is 0.258 e. The van der Waals surface area contributed by atoms with Crippen LogP contribution in [0, 0.1) is 5.92 Å². The van der Waals surface area contributed by atoms with E-state index in [4.69, 9.17) is 9.47 Å². The maximum atomic E-state index is 12.7. The Morgan fingerprint density at radius 3 is 2.70 bits per heavy atom. The van der Waals surface area contributed by atoms with Gasteiger partial charge in [-0.2, -0.15) is 0 Å². The molecule has 2 N–H and O–H groups in total. The van der Waals surface area contributed by atoms with Crippen LogP contribution in [0.25, 0.3) is 10.9 Å². The summed E-state index contributed by atoms with van der Waals surface area (Å²) >= 11 is 0. The van der Waals surface area contributed by atoms with Crippen molar-refractivity contribution in [1.82, 2.24) is 15.3 Å². The van der Waals surface area contributed by atoms with E-state index in [0.29, 0.717) is 42.1 Å². The van der Waals surface area contributed by atoms with Crippen LogP contribution in [-0.2, 0) is 11.2 Å². The van der Waals surface area contributed by atoms with Gasteiger partial charge in [-0.25, -0.2) is 4.98 Å². The maximum absolute atomic E-state index is 12.7. The lowest BCUT2D eigenvalue weighted by atomic mass is 9.95. The SMILES string of the molecule is CC(C)C(NC(=O)CCc1nc2ccccc2c(=O)[nH]1)c1ccc2c(c1)OCCO2. The van der Waals surface area contributed by atoms with E-state index in [-0.39, 0.29) is 29.8 Å². The highest BCUT2D eigenvalue weighted by Crippen LogP contribution is 2.34. The largest absolute Gasteiger partial charge is 0.486 e. The van der Waals surface area contributed by atoms with E-state index >= 15 is 0 Å². The summed E-state index contributed by atoms with van der Waals surface area (Å²) in [5.74, 6) is 2.03. The van der Waals surface area contributed by atoms with Crippen molar-refractivity contribution in [3.05, 3.63) is 64.2 Å². The molecule has 1 aliphatic rings. The summed E-state index contributed by atoms with van der Waals surface area (Å²) in [6, 6.07) is 12.8. The Morgan fingerprint density at radius 2 is 1.90 bits per heavy atom. The predicted octanol–water partition coefficient (Wildman–Crippen LogP) is 3.14. The number of hydrogen-bond acceptors (Lipinski definition) is 5. The van der Waals surface area contributed by atoms with Crippen LogP contribution in [0.5, 0.6) is 11.5 Å². The van der Waals surface area contributed by atoms with Crippen molar-refractivity contribution in [2.24, 2.45) is 5.92 Å². The number of nitrogens with one attached hydrogen (secondary N) is 2. The van der Waals surface area contributed by atoms with Gasteiger partial charge in [0, 0.05) is 12.8 Å². The number of nitrogens with zero attached hydrogens (tertiary/aromatic N) is 1. The first-order valence-electron chi connectivity index (χ1n) is 10.2. The molecule has 0 spiro atoms. The quantitative estimate of drug-likeness (QED) is 0.655. The molecule has 0 radical (unpaired) electrons. The van der Waals surface area contributed by atoms with E-state index in [1.54, 1.807) is 18.2 Å². The van der Waals surface area contributed by atoms with Gasteiger partial charge in [0.25, 0.3) is 5.56 Å². The molecule has 0 aliphatic carbocycles. The third kappa shape index (κ3) is 4.30. The minimum Gasteiger partial charge on any atom is -0.486 e. The van der Waals surface area contributed by atoms with Crippen molar-refractivity contribution in [3.63, 3.8) is 0 Å². The minimum atomic E-state index is -0.188. The molecule has 1 atom stereocenters. The van der Waals surface area contributed by atoms with E-state index < -0.39 is 0 Å². The molecule has 0 fully saturated rings. The highest BCUT2D eigenvalue weighted by Gasteiger charge is 2.21. The number of amides is 1. The number of aryl methyl sites for hydroxylation is 1. The summed E-state index contributed by atoms with van der Waals surface area (Å²) < 4.78 is 11.3. The summed E-state index contributed by atoms with van der Waals surface area (Å²) in [5.41, 5.74) is 1.42. The molecule has 1 aromatic heterocycles. The Kier molecular flexibility index (Phi) is 5.70. The average molecular weight is 407 g/mol. The van der Waals surface area contributed by atoms with Gasteiger partial charge in [-0.15, -0.1) is 0 Å². The molecule has 156 valence electrons. The van der Waals surface area contributed by atoms with Crippen molar-refractivity contribution in [1.29, 1.82) is 0 Å². The van der Waals surface area contributed by atoms with Gasteiger partial charge in [-0.05, 0) is 35.7 Å². The van der Waals surface area contributed by atoms with E-state index in [0.717, 1.165) is 11.3 Å². The van der Waals surface area contributed by atoms with Crippen molar-refractivity contribution in [3.8, 4) is 11.5 Å². The van der Waals surface area contributed by atoms with Crippen LogP contribution in [-0.4, -0.2) is 29.1 Å². The molecule has 0 bridgehead atoms. The van der Waals surface area contributed by atoms with Crippen molar-refractivity contribution in [2.75, 3.05) is 13.2 Å². The number of para-hydroxylation sites is 1. The summed E-state index contributed by atoms with van der Waals surface area (Å²) in [7, 11) is 0. The van der Waals surface area contributed by atoms with Gasteiger partial charge in [0.15, 0.2) is 11.5 Å². The highest BCUT2D eigenvalue weighted by molar-refractivity contribution is 5.78. The molecule has 3 aromatic rings. The summed E-state index contributed by atoms with van der Waals surface area (Å²) in [5, 5.41) is 3.65. The average Bonchev–Trinajstić information content (AvgIpc) is 2.75. The molecule has 0 saturated heterocycles. The molecule has 0 saturated carbocycles. The van der Waals surface area contributed by atoms with Gasteiger partial charge >= 0.3 is 0 Å². The predicted molar refractivity (Wildman–Crippen MR) is 114 cm³/mol. The van der Waals surface area contributed by atoms with E-state index in [2.05, 4.69) is 29.1 Å². The Hall–Kier alpha value is -3.35. The standard InChI is InChI=1S/C23H25N3O4/c1-14(2)22(15-7-8-18-19(13-15)30-12-11-29-18)26-21(27)10-9-20-24-17-6-4-3-5-16(17)23(28)25-20/h3-8,13-14,22H,9-12H2,1-2H3,(H,26,27)(H,24,25,28). The van der Waals surface area contributed by atoms with Crippen molar-refractivity contribution in [2.45, 2.75) is 32.7 Å². The second-order valence-corrected chi connectivity index (χ2v) is 7.72. The minimum absolute atomic E-state index is 0.0978. The molecule has 7 nitrogen and oxygen atoms in total. The molecule has 2 aromatic carbocycles. The lowest BCUT2D eigenvalue weighted by Gasteiger charge is -2.25. The van der Waals surface area contributed by atoms with Gasteiger partial charge < -0.3 is 19.8 Å². The first kappa shape index (κ1) is 19.9. The Bertz CT molecular complexity index is 1120. The number of aromatic nitrogens is 2.